The Bertz CT molecular complexity index is 944. The molecule has 1 aliphatic rings. The second kappa shape index (κ2) is 7.47. The van der Waals surface area contributed by atoms with Gasteiger partial charge in [-0.2, -0.15) is 8.78 Å². The van der Waals surface area contributed by atoms with E-state index in [4.69, 9.17) is 4.42 Å². The average molecular weight is 398 g/mol. The van der Waals surface area contributed by atoms with Gasteiger partial charge in [0.15, 0.2) is 0 Å². The van der Waals surface area contributed by atoms with Crippen molar-refractivity contribution in [2.75, 3.05) is 11.9 Å². The zero-order chi connectivity index (χ0) is 19.6. The van der Waals surface area contributed by atoms with E-state index in [0.29, 0.717) is 5.76 Å². The van der Waals surface area contributed by atoms with Crippen LogP contribution in [0.2, 0.25) is 0 Å². The zero-order valence-electron chi connectivity index (χ0n) is 14.0. The van der Waals surface area contributed by atoms with Crippen LogP contribution in [0.5, 0.6) is 0 Å². The number of alkyl halides is 2. The number of halogens is 2. The molecule has 0 spiro atoms. The topological polar surface area (TPSA) is 96.7 Å². The number of anilines is 1. The second-order valence-electron chi connectivity index (χ2n) is 6.05. The van der Waals surface area contributed by atoms with Crippen molar-refractivity contribution < 1.29 is 31.2 Å². The van der Waals surface area contributed by atoms with E-state index in [1.54, 1.807) is 12.1 Å². The van der Waals surface area contributed by atoms with E-state index in [1.165, 1.54) is 29.4 Å². The van der Waals surface area contributed by atoms with Crippen molar-refractivity contribution in [3.8, 4) is 0 Å². The number of nitrogens with one attached hydrogen (secondary N) is 1. The fourth-order valence-corrected chi connectivity index (χ4v) is 3.73. The van der Waals surface area contributed by atoms with Crippen LogP contribution >= 0.6 is 0 Å². The standard InChI is InChI=1S/C17H16F2N2O5S/c18-17(19)27(24,25)14-6-2-1-5-13(14)20-16(23)11-8-15(22)21(9-11)10-12-4-3-7-26-12/h1-7,11,17H,8-10H2,(H,20,23). The smallest absolute Gasteiger partial charge is 0.341 e. The molecule has 1 N–H and O–H groups in total. The molecule has 3 rings (SSSR count). The summed E-state index contributed by atoms with van der Waals surface area (Å²) in [5.74, 6) is -4.62. The first-order valence-electron chi connectivity index (χ1n) is 8.01. The lowest BCUT2D eigenvalue weighted by Crippen LogP contribution is -2.28. The lowest BCUT2D eigenvalue weighted by molar-refractivity contribution is -0.128. The predicted octanol–water partition coefficient (Wildman–Crippen LogP) is 2.26. The van der Waals surface area contributed by atoms with Crippen LogP contribution in [0.4, 0.5) is 14.5 Å². The molecule has 2 aromatic rings. The first-order valence-corrected chi connectivity index (χ1v) is 9.56. The Morgan fingerprint density at radius 3 is 2.67 bits per heavy atom. The molecule has 1 aromatic heterocycles. The SMILES string of the molecule is O=C(Nc1ccccc1S(=O)(=O)C(F)F)C1CC(=O)N(Cc2ccco2)C1. The summed E-state index contributed by atoms with van der Waals surface area (Å²) in [6.45, 7) is 0.334. The number of furan rings is 1. The van der Waals surface area contributed by atoms with E-state index in [2.05, 4.69) is 5.32 Å². The third-order valence-electron chi connectivity index (χ3n) is 4.20. The van der Waals surface area contributed by atoms with Gasteiger partial charge in [0.05, 0.1) is 29.3 Å². The molecule has 1 fully saturated rings. The highest BCUT2D eigenvalue weighted by atomic mass is 32.2. The minimum atomic E-state index is -4.87. The van der Waals surface area contributed by atoms with Gasteiger partial charge in [0.1, 0.15) is 5.76 Å². The van der Waals surface area contributed by atoms with Gasteiger partial charge in [-0.25, -0.2) is 8.42 Å². The molecule has 0 aliphatic carbocycles. The van der Waals surface area contributed by atoms with Crippen LogP contribution in [0.25, 0.3) is 0 Å². The number of rotatable bonds is 6. The monoisotopic (exact) mass is 398 g/mol. The molecule has 1 aliphatic heterocycles. The van der Waals surface area contributed by atoms with Crippen molar-refractivity contribution in [3.05, 3.63) is 48.4 Å². The number of likely N-dealkylation sites (tertiary alicyclic amines) is 1. The Kier molecular flexibility index (Phi) is 5.26. The van der Waals surface area contributed by atoms with Crippen molar-refractivity contribution in [2.24, 2.45) is 5.92 Å². The maximum absolute atomic E-state index is 12.8. The highest BCUT2D eigenvalue weighted by molar-refractivity contribution is 7.91. The second-order valence-corrected chi connectivity index (χ2v) is 7.93. The van der Waals surface area contributed by atoms with Gasteiger partial charge in [-0.15, -0.1) is 0 Å². The number of nitrogens with zero attached hydrogens (tertiary/aromatic N) is 1. The van der Waals surface area contributed by atoms with Gasteiger partial charge in [-0.3, -0.25) is 9.59 Å². The minimum Gasteiger partial charge on any atom is -0.467 e. The van der Waals surface area contributed by atoms with Crippen molar-refractivity contribution >= 4 is 27.3 Å². The van der Waals surface area contributed by atoms with Crippen molar-refractivity contribution in [3.63, 3.8) is 0 Å². The number of carbonyl (C=O) groups excluding carboxylic acids is 2. The van der Waals surface area contributed by atoms with E-state index >= 15 is 0 Å². The molecule has 0 radical (unpaired) electrons. The number of hydrogen-bond donors (Lipinski definition) is 1. The van der Waals surface area contributed by atoms with Gasteiger partial charge >= 0.3 is 5.76 Å². The quantitative estimate of drug-likeness (QED) is 0.805. The van der Waals surface area contributed by atoms with E-state index in [1.807, 2.05) is 0 Å². The van der Waals surface area contributed by atoms with E-state index < -0.39 is 32.3 Å². The molecule has 27 heavy (non-hydrogen) atoms. The van der Waals surface area contributed by atoms with Gasteiger partial charge in [0.25, 0.3) is 0 Å². The highest BCUT2D eigenvalue weighted by Gasteiger charge is 2.36. The first kappa shape index (κ1) is 19.0. The summed E-state index contributed by atoms with van der Waals surface area (Å²) in [6, 6.07) is 8.31. The highest BCUT2D eigenvalue weighted by Crippen LogP contribution is 2.28. The van der Waals surface area contributed by atoms with Crippen LogP contribution in [-0.2, 0) is 26.0 Å². The predicted molar refractivity (Wildman–Crippen MR) is 90.5 cm³/mol. The van der Waals surface area contributed by atoms with Crippen LogP contribution in [0, 0.1) is 5.92 Å². The molecule has 0 saturated carbocycles. The molecule has 144 valence electrons. The van der Waals surface area contributed by atoms with Crippen LogP contribution in [0.3, 0.4) is 0 Å². The summed E-state index contributed by atoms with van der Waals surface area (Å²) in [5.41, 5.74) is -0.236. The van der Waals surface area contributed by atoms with Crippen molar-refractivity contribution in [1.82, 2.24) is 4.90 Å². The molecular weight excluding hydrogens is 382 g/mol. The number of benzene rings is 1. The molecule has 1 atom stereocenters. The van der Waals surface area contributed by atoms with E-state index in [-0.39, 0.29) is 31.1 Å². The molecular formula is C17H16F2N2O5S. The number of amides is 2. The van der Waals surface area contributed by atoms with Gasteiger partial charge < -0.3 is 14.6 Å². The third-order valence-corrected chi connectivity index (χ3v) is 5.64. The van der Waals surface area contributed by atoms with Crippen LogP contribution in [0.15, 0.2) is 52.0 Å². The number of sulfone groups is 1. The Morgan fingerprint density at radius 1 is 1.26 bits per heavy atom. The largest absolute Gasteiger partial charge is 0.467 e. The molecule has 1 saturated heterocycles. The fraction of sp³-hybridized carbons (Fsp3) is 0.294. The molecule has 2 amide bonds. The third kappa shape index (κ3) is 4.00. The molecule has 10 heteroatoms. The Morgan fingerprint density at radius 2 is 2.00 bits per heavy atom. The maximum atomic E-state index is 12.8. The van der Waals surface area contributed by atoms with E-state index in [9.17, 15) is 26.8 Å². The summed E-state index contributed by atoms with van der Waals surface area (Å²) >= 11 is 0. The first-order chi connectivity index (χ1) is 12.8. The molecule has 1 unspecified atom stereocenters. The van der Waals surface area contributed by atoms with Crippen LogP contribution in [-0.4, -0.2) is 37.4 Å². The molecule has 0 bridgehead atoms. The van der Waals surface area contributed by atoms with Gasteiger partial charge in [-0.05, 0) is 24.3 Å². The normalized spacial score (nSPS) is 17.5. The summed E-state index contributed by atoms with van der Waals surface area (Å²) < 4.78 is 54.4. The van der Waals surface area contributed by atoms with Crippen molar-refractivity contribution in [1.29, 1.82) is 0 Å². The molecule has 2 heterocycles. The Labute approximate surface area is 153 Å². The minimum absolute atomic E-state index is 0.0592. The van der Waals surface area contributed by atoms with E-state index in [0.717, 1.165) is 6.07 Å². The van der Waals surface area contributed by atoms with Crippen LogP contribution < -0.4 is 5.32 Å². The summed E-state index contributed by atoms with van der Waals surface area (Å²) in [7, 11) is -4.87. The maximum Gasteiger partial charge on any atom is 0.341 e. The fourth-order valence-electron chi connectivity index (χ4n) is 2.84. The van der Waals surface area contributed by atoms with Crippen LogP contribution in [0.1, 0.15) is 12.2 Å². The lowest BCUT2D eigenvalue weighted by atomic mass is 10.1. The van der Waals surface area contributed by atoms with Crippen molar-refractivity contribution in [2.45, 2.75) is 23.6 Å². The summed E-state index contributed by atoms with van der Waals surface area (Å²) in [5, 5.41) is 2.36. The summed E-state index contributed by atoms with van der Waals surface area (Å²) in [6.07, 6.45) is 1.41. The lowest BCUT2D eigenvalue weighted by Gasteiger charge is -2.16. The molecule has 7 nitrogen and oxygen atoms in total. The summed E-state index contributed by atoms with van der Waals surface area (Å²) in [4.78, 5) is 25.3. The zero-order valence-corrected chi connectivity index (χ0v) is 14.8. The number of para-hydroxylation sites is 1. The average Bonchev–Trinajstić information content (AvgIpc) is 3.26. The molecule has 1 aromatic carbocycles. The van der Waals surface area contributed by atoms with Gasteiger partial charge in [-0.1, -0.05) is 12.1 Å². The Balaban J connectivity index is 1.73. The number of carbonyl (C=O) groups is 2. The number of hydrogen-bond acceptors (Lipinski definition) is 5. The Hall–Kier alpha value is -2.75. The van der Waals surface area contributed by atoms with Gasteiger partial charge in [0.2, 0.25) is 21.7 Å². The van der Waals surface area contributed by atoms with Gasteiger partial charge in [0, 0.05) is 13.0 Å².